The van der Waals surface area contributed by atoms with E-state index >= 15 is 0 Å². The zero-order valence-electron chi connectivity index (χ0n) is 21.7. The number of carbonyl (C=O) groups is 2. The molecule has 1 aromatic heterocycles. The molecule has 0 radical (unpaired) electrons. The summed E-state index contributed by atoms with van der Waals surface area (Å²) in [5.41, 5.74) is 4.72. The van der Waals surface area contributed by atoms with Gasteiger partial charge < -0.3 is 14.6 Å². The topological polar surface area (TPSA) is 73.2 Å². The summed E-state index contributed by atoms with van der Waals surface area (Å²) in [6, 6.07) is 22.2. The van der Waals surface area contributed by atoms with Crippen LogP contribution in [0.25, 0.3) is 0 Å². The number of amides is 1. The molecule has 6 rings (SSSR count). The van der Waals surface area contributed by atoms with E-state index < -0.39 is 0 Å². The lowest BCUT2D eigenvalue weighted by Crippen LogP contribution is -2.25. The molecular formula is C32H31N3O3S. The van der Waals surface area contributed by atoms with Crippen LogP contribution in [-0.2, 0) is 18.7 Å². The number of nitrogens with one attached hydrogen (secondary N) is 1. The zero-order valence-corrected chi connectivity index (χ0v) is 22.5. The maximum Gasteiger partial charge on any atom is 0.251 e. The van der Waals surface area contributed by atoms with Gasteiger partial charge in [0, 0.05) is 52.2 Å². The van der Waals surface area contributed by atoms with Gasteiger partial charge in [0.1, 0.15) is 11.9 Å². The fourth-order valence-electron chi connectivity index (χ4n) is 5.04. The highest BCUT2D eigenvalue weighted by atomic mass is 32.2. The van der Waals surface area contributed by atoms with Gasteiger partial charge in [0.05, 0.1) is 12.9 Å². The summed E-state index contributed by atoms with van der Waals surface area (Å²) in [6.45, 7) is 0.616. The third kappa shape index (κ3) is 6.09. The molecule has 6 nitrogen and oxygen atoms in total. The highest BCUT2D eigenvalue weighted by molar-refractivity contribution is 7.98. The maximum absolute atomic E-state index is 12.8. The molecule has 2 aliphatic rings. The number of ketones is 1. The van der Waals surface area contributed by atoms with E-state index in [0.29, 0.717) is 30.3 Å². The Hall–Kier alpha value is -3.84. The number of Topliss-reactive ketones (excluding diaryl/α,β-unsaturated/α-hetero) is 1. The van der Waals surface area contributed by atoms with E-state index in [1.807, 2.05) is 65.4 Å². The Balaban J connectivity index is 1.30. The quantitative estimate of drug-likeness (QED) is 0.237. The second-order valence-electron chi connectivity index (χ2n) is 10.2. The van der Waals surface area contributed by atoms with Gasteiger partial charge >= 0.3 is 0 Å². The van der Waals surface area contributed by atoms with E-state index in [9.17, 15) is 9.59 Å². The number of nitrogens with zero attached hydrogens (tertiary/aromatic N) is 2. The van der Waals surface area contributed by atoms with Crippen molar-refractivity contribution in [3.05, 3.63) is 113 Å². The van der Waals surface area contributed by atoms with Gasteiger partial charge in [-0.05, 0) is 67.1 Å². The summed E-state index contributed by atoms with van der Waals surface area (Å²) >= 11 is 1.67. The number of hydrogen-bond donors (Lipinski definition) is 1. The Labute approximate surface area is 232 Å². The van der Waals surface area contributed by atoms with Crippen LogP contribution in [0.3, 0.4) is 0 Å². The first-order valence-electron chi connectivity index (χ1n) is 13.5. The highest BCUT2D eigenvalue weighted by Crippen LogP contribution is 2.38. The van der Waals surface area contributed by atoms with Gasteiger partial charge in [0.15, 0.2) is 5.78 Å². The van der Waals surface area contributed by atoms with E-state index in [0.717, 1.165) is 58.6 Å². The molecule has 7 heteroatoms. The molecule has 3 aromatic carbocycles. The molecule has 1 fully saturated rings. The molecule has 39 heavy (non-hydrogen) atoms. The van der Waals surface area contributed by atoms with Crippen LogP contribution < -0.4 is 10.1 Å². The summed E-state index contributed by atoms with van der Waals surface area (Å²) in [5, 5.41) is 3.07. The number of hydrogen-bond acceptors (Lipinski definition) is 5. The van der Waals surface area contributed by atoms with Crippen LogP contribution in [0.5, 0.6) is 5.75 Å². The van der Waals surface area contributed by atoms with Crippen molar-refractivity contribution in [2.45, 2.75) is 61.4 Å². The molecule has 0 spiro atoms. The zero-order chi connectivity index (χ0) is 26.6. The van der Waals surface area contributed by atoms with Crippen LogP contribution in [0.15, 0.2) is 90.3 Å². The largest absolute Gasteiger partial charge is 0.484 e. The molecule has 1 heterocycles. The Morgan fingerprint density at radius 2 is 1.95 bits per heavy atom. The smallest absolute Gasteiger partial charge is 0.251 e. The minimum Gasteiger partial charge on any atom is -0.484 e. The Morgan fingerprint density at radius 1 is 1.08 bits per heavy atom. The molecular weight excluding hydrogens is 506 g/mol. The van der Waals surface area contributed by atoms with Gasteiger partial charge in [-0.3, -0.25) is 9.59 Å². The summed E-state index contributed by atoms with van der Waals surface area (Å²) in [6.07, 6.45) is 9.70. The minimum absolute atomic E-state index is 0.0168. The molecule has 1 saturated carbocycles. The average Bonchev–Trinajstić information content (AvgIpc) is 3.63. The van der Waals surface area contributed by atoms with E-state index in [2.05, 4.69) is 22.4 Å². The molecule has 0 saturated heterocycles. The lowest BCUT2D eigenvalue weighted by Gasteiger charge is -2.25. The van der Waals surface area contributed by atoms with Crippen molar-refractivity contribution in [1.82, 2.24) is 14.9 Å². The predicted molar refractivity (Wildman–Crippen MR) is 152 cm³/mol. The van der Waals surface area contributed by atoms with Crippen LogP contribution in [0.4, 0.5) is 0 Å². The number of benzene rings is 3. The van der Waals surface area contributed by atoms with Gasteiger partial charge in [-0.25, -0.2) is 4.98 Å². The monoisotopic (exact) mass is 537 g/mol. The third-order valence-electron chi connectivity index (χ3n) is 7.29. The summed E-state index contributed by atoms with van der Waals surface area (Å²) in [4.78, 5) is 30.6. The standard InChI is InChI=1S/C32H31N3O3S/c36-29-11-5-10-26-27(29)14-15-30(38-31(19-35-17-16-33-21-35)22-6-2-1-3-7-22)28(26)20-39-25-9-4-8-23(18-25)32(37)34-24-12-13-24/h1-4,6-9,14-18,21,24,31H,5,10-13,19-20H2,(H,34,37). The van der Waals surface area contributed by atoms with Gasteiger partial charge in [-0.1, -0.05) is 36.4 Å². The number of ether oxygens (including phenoxy) is 1. The van der Waals surface area contributed by atoms with Crippen LogP contribution in [0.1, 0.15) is 69.2 Å². The van der Waals surface area contributed by atoms with E-state index in [1.54, 1.807) is 24.3 Å². The number of aromatic nitrogens is 2. The van der Waals surface area contributed by atoms with Crippen molar-refractivity contribution in [1.29, 1.82) is 0 Å². The van der Waals surface area contributed by atoms with Crippen LogP contribution in [0, 0.1) is 0 Å². The fraction of sp³-hybridized carbons (Fsp3) is 0.281. The van der Waals surface area contributed by atoms with Crippen molar-refractivity contribution >= 4 is 23.5 Å². The molecule has 1 N–H and O–H groups in total. The second kappa shape index (κ2) is 11.5. The van der Waals surface area contributed by atoms with Crippen molar-refractivity contribution in [2.24, 2.45) is 0 Å². The van der Waals surface area contributed by atoms with Crippen molar-refractivity contribution in [3.8, 4) is 5.75 Å². The number of thioether (sulfide) groups is 1. The van der Waals surface area contributed by atoms with E-state index in [-0.39, 0.29) is 17.8 Å². The second-order valence-corrected chi connectivity index (χ2v) is 11.2. The molecule has 1 amide bonds. The van der Waals surface area contributed by atoms with Crippen molar-refractivity contribution < 1.29 is 14.3 Å². The molecule has 4 aromatic rings. The van der Waals surface area contributed by atoms with E-state index in [1.165, 1.54) is 0 Å². The molecule has 0 bridgehead atoms. The fourth-order valence-corrected chi connectivity index (χ4v) is 6.06. The third-order valence-corrected chi connectivity index (χ3v) is 8.31. The summed E-state index contributed by atoms with van der Waals surface area (Å²) in [5.74, 6) is 1.63. The average molecular weight is 538 g/mol. The van der Waals surface area contributed by atoms with Gasteiger partial charge in [0.2, 0.25) is 0 Å². The van der Waals surface area contributed by atoms with Crippen LogP contribution >= 0.6 is 11.8 Å². The summed E-state index contributed by atoms with van der Waals surface area (Å²) < 4.78 is 8.79. The Bertz CT molecular complexity index is 1470. The van der Waals surface area contributed by atoms with Gasteiger partial charge in [0.25, 0.3) is 5.91 Å². The number of imidazole rings is 1. The first-order valence-corrected chi connectivity index (χ1v) is 14.5. The van der Waals surface area contributed by atoms with Crippen LogP contribution in [0.2, 0.25) is 0 Å². The highest BCUT2D eigenvalue weighted by Gasteiger charge is 2.26. The predicted octanol–water partition coefficient (Wildman–Crippen LogP) is 6.41. The number of rotatable bonds is 10. The lowest BCUT2D eigenvalue weighted by atomic mass is 9.87. The van der Waals surface area contributed by atoms with Crippen molar-refractivity contribution in [3.63, 3.8) is 0 Å². The lowest BCUT2D eigenvalue weighted by molar-refractivity contribution is 0.0948. The molecule has 198 valence electrons. The first kappa shape index (κ1) is 25.4. The minimum atomic E-state index is -0.226. The molecule has 1 atom stereocenters. The van der Waals surface area contributed by atoms with Crippen LogP contribution in [-0.4, -0.2) is 27.3 Å². The van der Waals surface area contributed by atoms with Gasteiger partial charge in [-0.2, -0.15) is 0 Å². The number of carbonyl (C=O) groups excluding carboxylic acids is 2. The van der Waals surface area contributed by atoms with E-state index in [4.69, 9.17) is 4.74 Å². The number of fused-ring (bicyclic) bond motifs is 1. The maximum atomic E-state index is 12.8. The summed E-state index contributed by atoms with van der Waals surface area (Å²) in [7, 11) is 0. The van der Waals surface area contributed by atoms with Crippen molar-refractivity contribution in [2.75, 3.05) is 0 Å². The Kier molecular flexibility index (Phi) is 7.50. The SMILES string of the molecule is O=C(NC1CC1)c1cccc(SCc2c(OC(Cn3ccnc3)c3ccccc3)ccc3c2CCCC3=O)c1. The Morgan fingerprint density at radius 3 is 2.74 bits per heavy atom. The van der Waals surface area contributed by atoms with Gasteiger partial charge in [-0.15, -0.1) is 11.8 Å². The molecule has 2 aliphatic carbocycles. The molecule has 1 unspecified atom stereocenters. The normalized spacial score (nSPS) is 15.4. The molecule has 0 aliphatic heterocycles. The first-order chi connectivity index (χ1) is 19.1.